The number of methoxy groups -OCH3 is 1. The molecule has 0 aliphatic heterocycles. The lowest BCUT2D eigenvalue weighted by Crippen LogP contribution is -2.27. The van der Waals surface area contributed by atoms with Crippen LogP contribution in [-0.2, 0) is 14.8 Å². The highest BCUT2D eigenvalue weighted by atomic mass is 35.5. The van der Waals surface area contributed by atoms with E-state index >= 15 is 0 Å². The van der Waals surface area contributed by atoms with Gasteiger partial charge in [-0.2, -0.15) is 0 Å². The Labute approximate surface area is 135 Å². The van der Waals surface area contributed by atoms with E-state index in [-0.39, 0.29) is 6.10 Å². The fourth-order valence-corrected chi connectivity index (χ4v) is 2.27. The molecule has 1 amide bonds. The summed E-state index contributed by atoms with van der Waals surface area (Å²) in [6, 6.07) is 3.22. The summed E-state index contributed by atoms with van der Waals surface area (Å²) in [5.41, 5.74) is 0.571. The highest BCUT2D eigenvalue weighted by Crippen LogP contribution is 2.37. The molecule has 1 rings (SSSR count). The minimum Gasteiger partial charge on any atom is -0.493 e. The summed E-state index contributed by atoms with van der Waals surface area (Å²) in [4.78, 5) is 11.4. The molecule has 6 nitrogen and oxygen atoms in total. The van der Waals surface area contributed by atoms with Gasteiger partial charge in [0.1, 0.15) is 0 Å². The van der Waals surface area contributed by atoms with Gasteiger partial charge in [0.25, 0.3) is 5.91 Å². The fourth-order valence-electron chi connectivity index (χ4n) is 1.57. The smallest absolute Gasteiger partial charge is 0.257 e. The minimum absolute atomic E-state index is 0.0756. The van der Waals surface area contributed by atoms with Crippen LogP contribution < -0.4 is 14.2 Å². The van der Waals surface area contributed by atoms with Crippen molar-refractivity contribution in [3.63, 3.8) is 0 Å². The predicted octanol–water partition coefficient (Wildman–Crippen LogP) is 2.22. The number of benzene rings is 1. The van der Waals surface area contributed by atoms with Gasteiger partial charge in [-0.15, -0.1) is 0 Å². The number of hydrogen-bond donors (Lipinski definition) is 1. The monoisotopic (exact) mass is 347 g/mol. The maximum absolute atomic E-state index is 11.4. The summed E-state index contributed by atoms with van der Waals surface area (Å²) in [7, 11) is -2.12. The van der Waals surface area contributed by atoms with Gasteiger partial charge in [-0.05, 0) is 37.6 Å². The normalized spacial score (nSPS) is 11.7. The second-order valence-corrected chi connectivity index (χ2v) is 6.93. The standard InChI is InChI=1S/C14H18ClNO5S/c1-9(2)21-14-11(15)7-10(8-12(14)20-3)5-6-13(17)16-22(4,18)19/h5-9H,1-4H3,(H,16,17)/b6-5+. The molecule has 0 saturated heterocycles. The quantitative estimate of drug-likeness (QED) is 0.798. The van der Waals surface area contributed by atoms with Crippen molar-refractivity contribution in [1.29, 1.82) is 0 Å². The molecule has 0 atom stereocenters. The van der Waals surface area contributed by atoms with Crippen LogP contribution in [0.15, 0.2) is 18.2 Å². The van der Waals surface area contributed by atoms with E-state index in [2.05, 4.69) is 0 Å². The number of ether oxygens (including phenoxy) is 2. The molecule has 1 aromatic rings. The van der Waals surface area contributed by atoms with Gasteiger partial charge in [0.05, 0.1) is 24.5 Å². The number of sulfonamides is 1. The fraction of sp³-hybridized carbons (Fsp3) is 0.357. The van der Waals surface area contributed by atoms with Crippen LogP contribution in [0.25, 0.3) is 6.08 Å². The van der Waals surface area contributed by atoms with Crippen LogP contribution in [0, 0.1) is 0 Å². The number of carbonyl (C=O) groups is 1. The van der Waals surface area contributed by atoms with Gasteiger partial charge >= 0.3 is 0 Å². The maximum Gasteiger partial charge on any atom is 0.257 e. The van der Waals surface area contributed by atoms with E-state index in [0.29, 0.717) is 22.1 Å². The second kappa shape index (κ2) is 7.51. The molecule has 22 heavy (non-hydrogen) atoms. The van der Waals surface area contributed by atoms with Crippen LogP contribution in [0.3, 0.4) is 0 Å². The Balaban J connectivity index is 3.02. The zero-order valence-corrected chi connectivity index (χ0v) is 14.3. The van der Waals surface area contributed by atoms with Crippen LogP contribution in [0.1, 0.15) is 19.4 Å². The first-order chi connectivity index (χ1) is 10.1. The summed E-state index contributed by atoms with van der Waals surface area (Å²) >= 11 is 6.14. The molecule has 0 unspecified atom stereocenters. The molecule has 0 bridgehead atoms. The van der Waals surface area contributed by atoms with Crippen molar-refractivity contribution >= 4 is 33.6 Å². The molecule has 122 valence electrons. The Bertz CT molecular complexity index is 683. The Morgan fingerprint density at radius 1 is 1.36 bits per heavy atom. The minimum atomic E-state index is -3.59. The third kappa shape index (κ3) is 5.95. The molecule has 0 saturated carbocycles. The van der Waals surface area contributed by atoms with E-state index < -0.39 is 15.9 Å². The largest absolute Gasteiger partial charge is 0.493 e. The van der Waals surface area contributed by atoms with E-state index in [1.165, 1.54) is 13.2 Å². The van der Waals surface area contributed by atoms with E-state index in [9.17, 15) is 13.2 Å². The number of amides is 1. The number of halogens is 1. The highest BCUT2D eigenvalue weighted by Gasteiger charge is 2.13. The van der Waals surface area contributed by atoms with E-state index in [1.807, 2.05) is 18.6 Å². The molecular formula is C14H18ClNO5S. The third-order valence-electron chi connectivity index (χ3n) is 2.32. The lowest BCUT2D eigenvalue weighted by atomic mass is 10.2. The van der Waals surface area contributed by atoms with Gasteiger partial charge in [0, 0.05) is 6.08 Å². The van der Waals surface area contributed by atoms with Crippen molar-refractivity contribution < 1.29 is 22.7 Å². The van der Waals surface area contributed by atoms with Crippen molar-refractivity contribution in [3.05, 3.63) is 28.8 Å². The summed E-state index contributed by atoms with van der Waals surface area (Å²) in [5.74, 6) is 0.0846. The van der Waals surface area contributed by atoms with Crippen LogP contribution in [0.2, 0.25) is 5.02 Å². The van der Waals surface area contributed by atoms with Crippen molar-refractivity contribution in [1.82, 2.24) is 4.72 Å². The Morgan fingerprint density at radius 2 is 2.00 bits per heavy atom. The molecule has 0 aliphatic rings. The molecule has 8 heteroatoms. The lowest BCUT2D eigenvalue weighted by Gasteiger charge is -2.15. The number of nitrogens with one attached hydrogen (secondary N) is 1. The van der Waals surface area contributed by atoms with Gasteiger partial charge in [-0.3, -0.25) is 4.79 Å². The molecular weight excluding hydrogens is 330 g/mol. The first-order valence-electron chi connectivity index (χ1n) is 6.36. The summed E-state index contributed by atoms with van der Waals surface area (Å²) in [6.45, 7) is 3.72. The third-order valence-corrected chi connectivity index (χ3v) is 3.17. The lowest BCUT2D eigenvalue weighted by molar-refractivity contribution is -0.114. The highest BCUT2D eigenvalue weighted by molar-refractivity contribution is 7.89. The average Bonchev–Trinajstić information content (AvgIpc) is 2.36. The first-order valence-corrected chi connectivity index (χ1v) is 8.63. The molecule has 0 aliphatic carbocycles. The van der Waals surface area contributed by atoms with E-state index in [1.54, 1.807) is 12.1 Å². The predicted molar refractivity (Wildman–Crippen MR) is 85.8 cm³/mol. The van der Waals surface area contributed by atoms with Crippen molar-refractivity contribution in [2.24, 2.45) is 0 Å². The topological polar surface area (TPSA) is 81.7 Å². The Kier molecular flexibility index (Phi) is 6.25. The Hall–Kier alpha value is -1.73. The number of rotatable bonds is 6. The zero-order valence-electron chi connectivity index (χ0n) is 12.7. The Morgan fingerprint density at radius 3 is 2.50 bits per heavy atom. The summed E-state index contributed by atoms with van der Waals surface area (Å²) in [6.07, 6.45) is 3.34. The zero-order chi connectivity index (χ0) is 16.9. The molecule has 0 aromatic heterocycles. The van der Waals surface area contributed by atoms with Crippen molar-refractivity contribution in [2.45, 2.75) is 20.0 Å². The van der Waals surface area contributed by atoms with Gasteiger partial charge < -0.3 is 9.47 Å². The molecule has 1 N–H and O–H groups in total. The van der Waals surface area contributed by atoms with Gasteiger partial charge in [-0.25, -0.2) is 13.1 Å². The second-order valence-electron chi connectivity index (χ2n) is 4.77. The molecule has 1 aromatic carbocycles. The van der Waals surface area contributed by atoms with Gasteiger partial charge in [0.15, 0.2) is 11.5 Å². The van der Waals surface area contributed by atoms with E-state index in [0.717, 1.165) is 12.3 Å². The van der Waals surface area contributed by atoms with Crippen LogP contribution >= 0.6 is 11.6 Å². The molecule has 0 fully saturated rings. The van der Waals surface area contributed by atoms with Crippen LogP contribution in [0.4, 0.5) is 0 Å². The van der Waals surface area contributed by atoms with Crippen molar-refractivity contribution in [3.8, 4) is 11.5 Å². The van der Waals surface area contributed by atoms with E-state index in [4.69, 9.17) is 21.1 Å². The molecule has 0 spiro atoms. The van der Waals surface area contributed by atoms with Crippen LogP contribution in [-0.4, -0.2) is 33.8 Å². The van der Waals surface area contributed by atoms with Gasteiger partial charge in [-0.1, -0.05) is 11.6 Å². The van der Waals surface area contributed by atoms with Crippen LogP contribution in [0.5, 0.6) is 11.5 Å². The first kappa shape index (κ1) is 18.3. The number of hydrogen-bond acceptors (Lipinski definition) is 5. The van der Waals surface area contributed by atoms with Gasteiger partial charge in [0.2, 0.25) is 10.0 Å². The van der Waals surface area contributed by atoms with Crippen molar-refractivity contribution in [2.75, 3.05) is 13.4 Å². The number of carbonyl (C=O) groups excluding carboxylic acids is 1. The maximum atomic E-state index is 11.4. The molecule has 0 radical (unpaired) electrons. The SMILES string of the molecule is COc1cc(/C=C/C(=O)NS(C)(=O)=O)cc(Cl)c1OC(C)C. The summed E-state index contributed by atoms with van der Waals surface area (Å²) < 4.78 is 34.5. The summed E-state index contributed by atoms with van der Waals surface area (Å²) in [5, 5.41) is 0.330. The average molecular weight is 348 g/mol. The molecule has 0 heterocycles.